The summed E-state index contributed by atoms with van der Waals surface area (Å²) in [7, 11) is 0. The minimum Gasteiger partial charge on any atom is -0.314 e. The molecule has 3 heteroatoms. The Hall–Kier alpha value is 0.01000. The predicted octanol–water partition coefficient (Wildman–Crippen LogP) is 4.07. The van der Waals surface area contributed by atoms with E-state index in [0.717, 1.165) is 6.04 Å². The van der Waals surface area contributed by atoms with Gasteiger partial charge in [-0.25, -0.2) is 0 Å². The average Bonchev–Trinajstić information content (AvgIpc) is 2.30. The van der Waals surface area contributed by atoms with Crippen molar-refractivity contribution in [1.82, 2.24) is 5.32 Å². The van der Waals surface area contributed by atoms with Crippen molar-refractivity contribution >= 4 is 27.7 Å². The maximum Gasteiger partial charge on any atom is 0.0186 e. The van der Waals surface area contributed by atoms with Crippen molar-refractivity contribution in [1.29, 1.82) is 0 Å². The molecule has 0 aromatic heterocycles. The van der Waals surface area contributed by atoms with Crippen molar-refractivity contribution in [3.63, 3.8) is 0 Å². The zero-order valence-electron chi connectivity index (χ0n) is 9.42. The second-order valence-electron chi connectivity index (χ2n) is 4.24. The first-order valence-corrected chi connectivity index (χ1v) is 7.74. The molecule has 1 saturated heterocycles. The number of thioether (sulfide) groups is 1. The summed E-state index contributed by atoms with van der Waals surface area (Å²) in [4.78, 5) is 1.37. The number of nitrogens with one attached hydrogen (secondary N) is 1. The Kier molecular flexibility index (Phi) is 5.20. The number of halogens is 1. The summed E-state index contributed by atoms with van der Waals surface area (Å²) in [6.45, 7) is 1.21. The third kappa shape index (κ3) is 4.11. The van der Waals surface area contributed by atoms with E-state index in [1.165, 1.54) is 47.3 Å². The fraction of sp³-hybridized carbons (Fsp3) is 0.538. The molecule has 0 bridgehead atoms. The summed E-state index contributed by atoms with van der Waals surface area (Å²) < 4.78 is 1.17. The third-order valence-electron chi connectivity index (χ3n) is 2.94. The first-order valence-electron chi connectivity index (χ1n) is 5.96. The van der Waals surface area contributed by atoms with Gasteiger partial charge < -0.3 is 5.32 Å². The molecule has 16 heavy (non-hydrogen) atoms. The lowest BCUT2D eigenvalue weighted by molar-refractivity contribution is 0.395. The Morgan fingerprint density at radius 2 is 2.31 bits per heavy atom. The van der Waals surface area contributed by atoms with Crippen molar-refractivity contribution in [2.75, 3.05) is 12.3 Å². The molecule has 0 saturated carbocycles. The second-order valence-corrected chi connectivity index (χ2v) is 6.33. The van der Waals surface area contributed by atoms with Crippen LogP contribution in [0, 0.1) is 0 Å². The molecule has 1 aromatic rings. The smallest absolute Gasteiger partial charge is 0.0186 e. The van der Waals surface area contributed by atoms with E-state index in [4.69, 9.17) is 0 Å². The molecule has 1 aromatic carbocycles. The molecular formula is C13H18BrNS. The van der Waals surface area contributed by atoms with Crippen LogP contribution >= 0.6 is 27.7 Å². The highest BCUT2D eigenvalue weighted by molar-refractivity contribution is 9.10. The molecule has 0 radical (unpaired) electrons. The van der Waals surface area contributed by atoms with Crippen molar-refractivity contribution in [2.24, 2.45) is 0 Å². The van der Waals surface area contributed by atoms with Gasteiger partial charge in [-0.1, -0.05) is 28.4 Å². The van der Waals surface area contributed by atoms with E-state index in [2.05, 4.69) is 45.5 Å². The average molecular weight is 300 g/mol. The van der Waals surface area contributed by atoms with Crippen molar-refractivity contribution in [3.05, 3.63) is 28.7 Å². The predicted molar refractivity (Wildman–Crippen MR) is 75.1 cm³/mol. The van der Waals surface area contributed by atoms with E-state index < -0.39 is 0 Å². The molecule has 0 amide bonds. The molecule has 1 nitrogen and oxygen atoms in total. The molecule has 0 aliphatic carbocycles. The topological polar surface area (TPSA) is 12.0 Å². The zero-order chi connectivity index (χ0) is 11.2. The maximum absolute atomic E-state index is 3.59. The minimum absolute atomic E-state index is 0.758. The molecule has 1 aliphatic rings. The van der Waals surface area contributed by atoms with Crippen LogP contribution in [0.4, 0.5) is 0 Å². The van der Waals surface area contributed by atoms with E-state index in [0.29, 0.717) is 0 Å². The lowest BCUT2D eigenvalue weighted by Crippen LogP contribution is -2.34. The summed E-state index contributed by atoms with van der Waals surface area (Å²) in [6, 6.07) is 9.31. The van der Waals surface area contributed by atoms with Gasteiger partial charge in [0.05, 0.1) is 0 Å². The molecule has 1 heterocycles. The fourth-order valence-electron chi connectivity index (χ4n) is 2.05. The second kappa shape index (κ2) is 6.67. The van der Waals surface area contributed by atoms with Crippen LogP contribution in [-0.4, -0.2) is 18.3 Å². The minimum atomic E-state index is 0.758. The molecule has 88 valence electrons. The quantitative estimate of drug-likeness (QED) is 0.841. The van der Waals surface area contributed by atoms with Gasteiger partial charge in [-0.2, -0.15) is 0 Å². The molecule has 1 N–H and O–H groups in total. The normalized spacial score (nSPS) is 20.9. The van der Waals surface area contributed by atoms with Crippen LogP contribution in [0.1, 0.15) is 25.7 Å². The Morgan fingerprint density at radius 3 is 3.06 bits per heavy atom. The number of hydrogen-bond acceptors (Lipinski definition) is 2. The molecule has 1 unspecified atom stereocenters. The summed E-state index contributed by atoms with van der Waals surface area (Å²) in [5, 5.41) is 3.59. The molecule has 1 fully saturated rings. The van der Waals surface area contributed by atoms with E-state index in [1.54, 1.807) is 0 Å². The SMILES string of the molecule is Brc1cccc(SCCC2CCCCN2)c1. The van der Waals surface area contributed by atoms with Gasteiger partial charge in [0, 0.05) is 15.4 Å². The van der Waals surface area contributed by atoms with Gasteiger partial charge in [0.25, 0.3) is 0 Å². The highest BCUT2D eigenvalue weighted by Crippen LogP contribution is 2.23. The summed E-state index contributed by atoms with van der Waals surface area (Å²) in [5.41, 5.74) is 0. The molecule has 0 spiro atoms. The van der Waals surface area contributed by atoms with Crippen LogP contribution in [0.15, 0.2) is 33.6 Å². The van der Waals surface area contributed by atoms with E-state index in [9.17, 15) is 0 Å². The van der Waals surface area contributed by atoms with E-state index in [-0.39, 0.29) is 0 Å². The number of rotatable bonds is 4. The molecular weight excluding hydrogens is 282 g/mol. The molecule has 2 rings (SSSR count). The van der Waals surface area contributed by atoms with Crippen molar-refractivity contribution < 1.29 is 0 Å². The van der Waals surface area contributed by atoms with Crippen molar-refractivity contribution in [3.8, 4) is 0 Å². The van der Waals surface area contributed by atoms with Gasteiger partial charge >= 0.3 is 0 Å². The van der Waals surface area contributed by atoms with Crippen LogP contribution in [0.5, 0.6) is 0 Å². The monoisotopic (exact) mass is 299 g/mol. The molecule has 1 aliphatic heterocycles. The highest BCUT2D eigenvalue weighted by Gasteiger charge is 2.11. The summed E-state index contributed by atoms with van der Waals surface area (Å²) >= 11 is 5.46. The highest BCUT2D eigenvalue weighted by atomic mass is 79.9. The Labute approximate surface area is 111 Å². The number of hydrogen-bond donors (Lipinski definition) is 1. The van der Waals surface area contributed by atoms with Gasteiger partial charge in [-0.05, 0) is 49.8 Å². The van der Waals surface area contributed by atoms with E-state index >= 15 is 0 Å². The lowest BCUT2D eigenvalue weighted by atomic mass is 10.0. The van der Waals surface area contributed by atoms with Crippen LogP contribution < -0.4 is 5.32 Å². The molecule has 1 atom stereocenters. The fourth-order valence-corrected chi connectivity index (χ4v) is 3.62. The van der Waals surface area contributed by atoms with Gasteiger partial charge in [0.1, 0.15) is 0 Å². The Bertz CT molecular complexity index is 323. The van der Waals surface area contributed by atoms with E-state index in [1.807, 2.05) is 11.8 Å². The Balaban J connectivity index is 1.71. The standard InChI is InChI=1S/C13H18BrNS/c14-11-4-3-6-13(10-11)16-9-7-12-5-1-2-8-15-12/h3-4,6,10,12,15H,1-2,5,7-9H2. The van der Waals surface area contributed by atoms with Gasteiger partial charge in [0.15, 0.2) is 0 Å². The van der Waals surface area contributed by atoms with Gasteiger partial charge in [-0.3, -0.25) is 0 Å². The van der Waals surface area contributed by atoms with Gasteiger partial charge in [0.2, 0.25) is 0 Å². The number of benzene rings is 1. The first-order chi connectivity index (χ1) is 7.84. The van der Waals surface area contributed by atoms with Crippen LogP contribution in [-0.2, 0) is 0 Å². The van der Waals surface area contributed by atoms with Gasteiger partial charge in [-0.15, -0.1) is 11.8 Å². The number of piperidine rings is 1. The summed E-state index contributed by atoms with van der Waals surface area (Å²) in [5.74, 6) is 1.22. The van der Waals surface area contributed by atoms with Crippen LogP contribution in [0.3, 0.4) is 0 Å². The van der Waals surface area contributed by atoms with Crippen molar-refractivity contribution in [2.45, 2.75) is 36.6 Å². The van der Waals surface area contributed by atoms with Crippen LogP contribution in [0.2, 0.25) is 0 Å². The largest absolute Gasteiger partial charge is 0.314 e. The maximum atomic E-state index is 3.59. The summed E-state index contributed by atoms with van der Waals surface area (Å²) in [6.07, 6.45) is 5.41. The third-order valence-corrected chi connectivity index (χ3v) is 4.46. The lowest BCUT2D eigenvalue weighted by Gasteiger charge is -2.23. The Morgan fingerprint density at radius 1 is 1.38 bits per heavy atom. The first kappa shape index (κ1) is 12.5. The zero-order valence-corrected chi connectivity index (χ0v) is 11.8. The van der Waals surface area contributed by atoms with Crippen LogP contribution in [0.25, 0.3) is 0 Å².